The summed E-state index contributed by atoms with van der Waals surface area (Å²) >= 11 is 0. The molecular formula is C18H25O7P. The third-order valence-corrected chi connectivity index (χ3v) is 6.56. The van der Waals surface area contributed by atoms with Crippen molar-refractivity contribution in [1.82, 2.24) is 0 Å². The van der Waals surface area contributed by atoms with E-state index < -0.39 is 19.0 Å². The Kier molecular flexibility index (Phi) is 5.01. The number of hydrogen-bond acceptors (Lipinski definition) is 7. The molecule has 0 N–H and O–H groups in total. The van der Waals surface area contributed by atoms with Crippen molar-refractivity contribution < 1.29 is 32.3 Å². The Bertz CT molecular complexity index is 645. The molecule has 0 aromatic heterocycles. The van der Waals surface area contributed by atoms with Crippen LogP contribution < -0.4 is 9.26 Å². The molecule has 1 aromatic carbocycles. The number of hydrogen-bond donors (Lipinski definition) is 0. The summed E-state index contributed by atoms with van der Waals surface area (Å²) in [6, 6.07) is 6.77. The summed E-state index contributed by atoms with van der Waals surface area (Å²) < 4.78 is 46.5. The van der Waals surface area contributed by atoms with Crippen molar-refractivity contribution in [2.45, 2.75) is 37.9 Å². The zero-order chi connectivity index (χ0) is 18.1. The van der Waals surface area contributed by atoms with Crippen LogP contribution in [0.25, 0.3) is 0 Å². The van der Waals surface area contributed by atoms with Crippen LogP contribution in [0.15, 0.2) is 24.3 Å². The Morgan fingerprint density at radius 3 is 2.04 bits per heavy atom. The van der Waals surface area contributed by atoms with Crippen LogP contribution >= 0.6 is 7.82 Å². The summed E-state index contributed by atoms with van der Waals surface area (Å²) in [6.45, 7) is 1.40. The molecule has 1 saturated carbocycles. The lowest BCUT2D eigenvalue weighted by Gasteiger charge is -2.48. The lowest BCUT2D eigenvalue weighted by atomic mass is 9.88. The van der Waals surface area contributed by atoms with Crippen molar-refractivity contribution in [3.8, 4) is 11.5 Å². The van der Waals surface area contributed by atoms with Gasteiger partial charge in [0.15, 0.2) is 5.79 Å². The fourth-order valence-electron chi connectivity index (χ4n) is 3.53. The summed E-state index contributed by atoms with van der Waals surface area (Å²) in [5.74, 6) is 0.653. The van der Waals surface area contributed by atoms with Crippen molar-refractivity contribution in [3.05, 3.63) is 24.3 Å². The van der Waals surface area contributed by atoms with Crippen LogP contribution in [0, 0.1) is 5.41 Å². The second-order valence-corrected chi connectivity index (χ2v) is 8.90. The average Bonchev–Trinajstić information content (AvgIpc) is 2.68. The Morgan fingerprint density at radius 2 is 1.46 bits per heavy atom. The number of rotatable bonds is 3. The zero-order valence-electron chi connectivity index (χ0n) is 15.0. The lowest BCUT2D eigenvalue weighted by molar-refractivity contribution is -0.324. The molecule has 8 heteroatoms. The molecule has 3 fully saturated rings. The van der Waals surface area contributed by atoms with Gasteiger partial charge in [0, 0.05) is 12.8 Å². The number of methoxy groups -OCH3 is 1. The van der Waals surface area contributed by atoms with Crippen LogP contribution in [-0.2, 0) is 23.1 Å². The molecule has 0 unspecified atom stereocenters. The first-order valence-electron chi connectivity index (χ1n) is 9.05. The quantitative estimate of drug-likeness (QED) is 0.731. The molecule has 0 atom stereocenters. The van der Waals surface area contributed by atoms with Crippen molar-refractivity contribution in [2.75, 3.05) is 33.5 Å². The minimum absolute atomic E-state index is 0.219. The lowest BCUT2D eigenvalue weighted by Crippen LogP contribution is -2.55. The third kappa shape index (κ3) is 3.78. The van der Waals surface area contributed by atoms with E-state index in [1.165, 1.54) is 6.42 Å². The number of benzene rings is 1. The highest BCUT2D eigenvalue weighted by Crippen LogP contribution is 2.55. The highest BCUT2D eigenvalue weighted by atomic mass is 31.2. The van der Waals surface area contributed by atoms with Crippen molar-refractivity contribution in [1.29, 1.82) is 0 Å². The van der Waals surface area contributed by atoms with E-state index in [2.05, 4.69) is 0 Å². The summed E-state index contributed by atoms with van der Waals surface area (Å²) in [7, 11) is -2.06. The first-order valence-corrected chi connectivity index (χ1v) is 10.5. The summed E-state index contributed by atoms with van der Waals surface area (Å²) in [5.41, 5.74) is -0.431. The molecule has 7 nitrogen and oxygen atoms in total. The van der Waals surface area contributed by atoms with E-state index in [1.807, 2.05) is 0 Å². The maximum Gasteiger partial charge on any atom is 0.530 e. The molecule has 2 aliphatic heterocycles. The van der Waals surface area contributed by atoms with Crippen LogP contribution in [0.1, 0.15) is 32.1 Å². The van der Waals surface area contributed by atoms with Gasteiger partial charge in [-0.3, -0.25) is 9.05 Å². The number of phosphoric acid groups is 1. The molecule has 0 radical (unpaired) electrons. The molecular weight excluding hydrogens is 359 g/mol. The van der Waals surface area contributed by atoms with Gasteiger partial charge in [-0.05, 0) is 37.1 Å². The fraction of sp³-hybridized carbons (Fsp3) is 0.667. The summed E-state index contributed by atoms with van der Waals surface area (Å²) in [6.07, 6.45) is 5.36. The van der Waals surface area contributed by atoms with E-state index in [0.717, 1.165) is 25.7 Å². The number of phosphoric ester groups is 1. The van der Waals surface area contributed by atoms with Crippen molar-refractivity contribution in [3.63, 3.8) is 0 Å². The molecule has 1 aliphatic carbocycles. The average molecular weight is 384 g/mol. The third-order valence-electron chi connectivity index (χ3n) is 5.23. The van der Waals surface area contributed by atoms with Crippen LogP contribution in [0.2, 0.25) is 0 Å². The maximum atomic E-state index is 12.7. The normalized spacial score (nSPS) is 26.5. The molecule has 0 bridgehead atoms. The first kappa shape index (κ1) is 18.3. The fourth-order valence-corrected chi connectivity index (χ4v) is 4.95. The van der Waals surface area contributed by atoms with Crippen molar-refractivity contribution in [2.24, 2.45) is 5.41 Å². The van der Waals surface area contributed by atoms with Gasteiger partial charge < -0.3 is 18.7 Å². The highest BCUT2D eigenvalue weighted by molar-refractivity contribution is 7.49. The molecule has 144 valence electrons. The number of ether oxygens (including phenoxy) is 3. The molecule has 0 amide bonds. The van der Waals surface area contributed by atoms with Gasteiger partial charge >= 0.3 is 7.82 Å². The second kappa shape index (κ2) is 7.13. The molecule has 26 heavy (non-hydrogen) atoms. The van der Waals surface area contributed by atoms with Crippen molar-refractivity contribution >= 4 is 7.82 Å². The van der Waals surface area contributed by atoms with E-state index in [4.69, 9.17) is 27.8 Å². The van der Waals surface area contributed by atoms with Gasteiger partial charge in [-0.15, -0.1) is 0 Å². The predicted octanol–water partition coefficient (Wildman–Crippen LogP) is 3.92. The SMILES string of the molecule is COc1ccc(OP2(=O)OCC3(COC4(CCCCC4)OC3)CO2)cc1. The van der Waals surface area contributed by atoms with Gasteiger partial charge in [-0.25, -0.2) is 4.57 Å². The summed E-state index contributed by atoms with van der Waals surface area (Å²) in [5, 5.41) is 0. The van der Waals surface area contributed by atoms with Gasteiger partial charge in [0.05, 0.1) is 39.0 Å². The van der Waals surface area contributed by atoms with Gasteiger partial charge in [-0.1, -0.05) is 6.42 Å². The smallest absolute Gasteiger partial charge is 0.497 e. The van der Waals surface area contributed by atoms with Gasteiger partial charge in [0.1, 0.15) is 11.5 Å². The van der Waals surface area contributed by atoms with Gasteiger partial charge in [0.25, 0.3) is 0 Å². The summed E-state index contributed by atoms with van der Waals surface area (Å²) in [4.78, 5) is 0. The Labute approximate surface area is 153 Å². The molecule has 2 heterocycles. The largest absolute Gasteiger partial charge is 0.530 e. The molecule has 2 spiro atoms. The standard InChI is InChI=1S/C18H25O7P/c1-20-15-5-7-16(8-6-15)25-26(19)23-13-17(14-24-26)11-21-18(22-12-17)9-3-2-4-10-18/h5-8H,2-4,9-14H2,1H3. The van der Waals surface area contributed by atoms with E-state index in [9.17, 15) is 4.57 Å². The molecule has 3 aliphatic rings. The van der Waals surface area contributed by atoms with Crippen LogP contribution in [0.4, 0.5) is 0 Å². The minimum atomic E-state index is -3.64. The van der Waals surface area contributed by atoms with Crippen LogP contribution in [0.5, 0.6) is 11.5 Å². The van der Waals surface area contributed by atoms with Gasteiger partial charge in [0.2, 0.25) is 0 Å². The second-order valence-electron chi connectivity index (χ2n) is 7.31. The molecule has 1 aromatic rings. The Morgan fingerprint density at radius 1 is 0.885 bits per heavy atom. The van der Waals surface area contributed by atoms with E-state index in [-0.39, 0.29) is 13.2 Å². The molecule has 4 rings (SSSR count). The first-order chi connectivity index (χ1) is 12.5. The van der Waals surface area contributed by atoms with E-state index in [1.54, 1.807) is 31.4 Å². The van der Waals surface area contributed by atoms with Crippen LogP contribution in [0.3, 0.4) is 0 Å². The Balaban J connectivity index is 1.34. The van der Waals surface area contributed by atoms with Gasteiger partial charge in [-0.2, -0.15) is 0 Å². The van der Waals surface area contributed by atoms with E-state index >= 15 is 0 Å². The molecule has 2 saturated heterocycles. The highest BCUT2D eigenvalue weighted by Gasteiger charge is 2.51. The predicted molar refractivity (Wildman–Crippen MR) is 93.3 cm³/mol. The maximum absolute atomic E-state index is 12.7. The van der Waals surface area contributed by atoms with E-state index in [0.29, 0.717) is 24.7 Å². The minimum Gasteiger partial charge on any atom is -0.497 e. The van der Waals surface area contributed by atoms with Crippen LogP contribution in [-0.4, -0.2) is 39.3 Å². The topological polar surface area (TPSA) is 72.5 Å². The Hall–Kier alpha value is -1.11. The monoisotopic (exact) mass is 384 g/mol. The zero-order valence-corrected chi connectivity index (χ0v) is 15.9.